The number of rotatable bonds is 7. The van der Waals surface area contributed by atoms with Crippen LogP contribution in [0.3, 0.4) is 0 Å². The molecule has 1 N–H and O–H groups in total. The van der Waals surface area contributed by atoms with Crippen molar-refractivity contribution in [3.8, 4) is 5.75 Å². The fourth-order valence-corrected chi connectivity index (χ4v) is 4.39. The molecule has 1 fully saturated rings. The maximum atomic E-state index is 5.86. The highest BCUT2D eigenvalue weighted by Gasteiger charge is 2.23. The number of aromatic nitrogens is 4. The molecule has 3 heterocycles. The Hall–Kier alpha value is -3.09. The molecule has 3 aromatic rings. The second-order valence-electron chi connectivity index (χ2n) is 8.76. The number of nitrogens with one attached hydrogen (secondary N) is 1. The van der Waals surface area contributed by atoms with Crippen molar-refractivity contribution in [2.75, 3.05) is 29.9 Å². The van der Waals surface area contributed by atoms with E-state index in [2.05, 4.69) is 70.8 Å². The van der Waals surface area contributed by atoms with Crippen LogP contribution in [0.25, 0.3) is 0 Å². The molecule has 0 atom stereocenters. The summed E-state index contributed by atoms with van der Waals surface area (Å²) in [7, 11) is 0. The standard InChI is InChI=1S/C25H34N6O/c1-6-32-23-15-18(4)22(16-21(23)17(2)3)28-24-7-10-27-25(29-24)30-12-8-20(9-13-30)31-14-11-26-19(31)5/h7,10-11,14-17,20H,6,8-9,12-13H2,1-5H3,(H,27,28,29). The topological polar surface area (TPSA) is 68.1 Å². The highest BCUT2D eigenvalue weighted by molar-refractivity contribution is 5.64. The summed E-state index contributed by atoms with van der Waals surface area (Å²) in [6.07, 6.45) is 7.93. The molecule has 7 heteroatoms. The zero-order chi connectivity index (χ0) is 22.7. The lowest BCUT2D eigenvalue weighted by atomic mass is 9.99. The first-order valence-electron chi connectivity index (χ1n) is 11.6. The van der Waals surface area contributed by atoms with Gasteiger partial charge in [-0.05, 0) is 68.9 Å². The van der Waals surface area contributed by atoms with Crippen LogP contribution in [0.4, 0.5) is 17.5 Å². The molecular formula is C25H34N6O. The molecule has 1 aromatic carbocycles. The second kappa shape index (κ2) is 9.59. The van der Waals surface area contributed by atoms with Gasteiger partial charge in [0.1, 0.15) is 17.4 Å². The Bertz CT molecular complexity index is 1050. The molecule has 32 heavy (non-hydrogen) atoms. The van der Waals surface area contributed by atoms with Gasteiger partial charge in [0, 0.05) is 43.4 Å². The third kappa shape index (κ3) is 4.71. The molecule has 1 aliphatic rings. The quantitative estimate of drug-likeness (QED) is 0.537. The van der Waals surface area contributed by atoms with Crippen LogP contribution in [0.15, 0.2) is 36.8 Å². The minimum Gasteiger partial charge on any atom is -0.494 e. The maximum Gasteiger partial charge on any atom is 0.227 e. The second-order valence-corrected chi connectivity index (χ2v) is 8.76. The van der Waals surface area contributed by atoms with Gasteiger partial charge in [-0.2, -0.15) is 4.98 Å². The molecule has 170 valence electrons. The molecule has 1 aliphatic heterocycles. The summed E-state index contributed by atoms with van der Waals surface area (Å²) < 4.78 is 8.15. The van der Waals surface area contributed by atoms with Crippen LogP contribution in [0.5, 0.6) is 5.75 Å². The van der Waals surface area contributed by atoms with Gasteiger partial charge in [0.25, 0.3) is 0 Å². The van der Waals surface area contributed by atoms with Gasteiger partial charge in [-0.15, -0.1) is 0 Å². The van der Waals surface area contributed by atoms with Crippen LogP contribution >= 0.6 is 0 Å². The molecule has 0 saturated carbocycles. The summed E-state index contributed by atoms with van der Waals surface area (Å²) in [4.78, 5) is 16.0. The van der Waals surface area contributed by atoms with E-state index in [0.717, 1.165) is 60.5 Å². The first-order chi connectivity index (χ1) is 15.5. The SMILES string of the molecule is CCOc1cc(C)c(Nc2ccnc(N3CCC(n4ccnc4C)CC3)n2)cc1C(C)C. The summed E-state index contributed by atoms with van der Waals surface area (Å²) in [5.74, 6) is 4.01. The highest BCUT2D eigenvalue weighted by atomic mass is 16.5. The van der Waals surface area contributed by atoms with Crippen molar-refractivity contribution in [3.05, 3.63) is 53.7 Å². The van der Waals surface area contributed by atoms with Gasteiger partial charge in [0.2, 0.25) is 5.95 Å². The lowest BCUT2D eigenvalue weighted by molar-refractivity contribution is 0.335. The maximum absolute atomic E-state index is 5.86. The van der Waals surface area contributed by atoms with Gasteiger partial charge in [-0.3, -0.25) is 0 Å². The van der Waals surface area contributed by atoms with Crippen molar-refractivity contribution >= 4 is 17.5 Å². The van der Waals surface area contributed by atoms with Gasteiger partial charge in [-0.1, -0.05) is 13.8 Å². The normalized spacial score (nSPS) is 14.8. The molecule has 2 aromatic heterocycles. The fourth-order valence-electron chi connectivity index (χ4n) is 4.39. The van der Waals surface area contributed by atoms with Crippen LogP contribution in [-0.4, -0.2) is 39.2 Å². The molecule has 0 aliphatic carbocycles. The molecular weight excluding hydrogens is 400 g/mol. The number of ether oxygens (including phenoxy) is 1. The molecule has 1 saturated heterocycles. The number of anilines is 3. The van der Waals surface area contributed by atoms with Gasteiger partial charge < -0.3 is 19.5 Å². The number of piperidine rings is 1. The van der Waals surface area contributed by atoms with E-state index >= 15 is 0 Å². The number of benzene rings is 1. The van der Waals surface area contributed by atoms with E-state index in [9.17, 15) is 0 Å². The molecule has 0 spiro atoms. The van der Waals surface area contributed by atoms with E-state index in [-0.39, 0.29) is 0 Å². The smallest absolute Gasteiger partial charge is 0.227 e. The molecule has 7 nitrogen and oxygen atoms in total. The van der Waals surface area contributed by atoms with Crippen molar-refractivity contribution < 1.29 is 4.74 Å². The van der Waals surface area contributed by atoms with Crippen LogP contribution in [0.1, 0.15) is 62.5 Å². The van der Waals surface area contributed by atoms with Gasteiger partial charge >= 0.3 is 0 Å². The van der Waals surface area contributed by atoms with Crippen LogP contribution in [0.2, 0.25) is 0 Å². The molecule has 4 rings (SSSR count). The Morgan fingerprint density at radius 1 is 1.12 bits per heavy atom. The average Bonchev–Trinajstić information content (AvgIpc) is 3.22. The molecule has 0 bridgehead atoms. The largest absolute Gasteiger partial charge is 0.494 e. The third-order valence-corrected chi connectivity index (χ3v) is 6.19. The van der Waals surface area contributed by atoms with Crippen molar-refractivity contribution in [1.29, 1.82) is 0 Å². The van der Waals surface area contributed by atoms with E-state index < -0.39 is 0 Å². The molecule has 0 radical (unpaired) electrons. The Morgan fingerprint density at radius 2 is 1.91 bits per heavy atom. The van der Waals surface area contributed by atoms with E-state index in [1.54, 1.807) is 0 Å². The lowest BCUT2D eigenvalue weighted by Crippen LogP contribution is -2.35. The Labute approximate surface area is 190 Å². The monoisotopic (exact) mass is 434 g/mol. The number of imidazole rings is 1. The zero-order valence-electron chi connectivity index (χ0n) is 19.8. The predicted octanol–water partition coefficient (Wildman–Crippen LogP) is 5.40. The number of nitrogens with zero attached hydrogens (tertiary/aromatic N) is 5. The van der Waals surface area contributed by atoms with Crippen molar-refractivity contribution in [2.24, 2.45) is 0 Å². The first kappa shape index (κ1) is 22.1. The predicted molar refractivity (Wildman–Crippen MR) is 129 cm³/mol. The van der Waals surface area contributed by atoms with Crippen LogP contribution < -0.4 is 15.0 Å². The zero-order valence-corrected chi connectivity index (χ0v) is 19.8. The summed E-state index contributed by atoms with van der Waals surface area (Å²) in [5, 5.41) is 3.51. The van der Waals surface area contributed by atoms with E-state index in [4.69, 9.17) is 9.72 Å². The average molecular weight is 435 g/mol. The van der Waals surface area contributed by atoms with Gasteiger partial charge in [-0.25, -0.2) is 9.97 Å². The number of hydrogen-bond donors (Lipinski definition) is 1. The van der Waals surface area contributed by atoms with Crippen molar-refractivity contribution in [1.82, 2.24) is 19.5 Å². The highest BCUT2D eigenvalue weighted by Crippen LogP contribution is 2.34. The van der Waals surface area contributed by atoms with E-state index in [1.165, 1.54) is 5.56 Å². The van der Waals surface area contributed by atoms with E-state index in [1.807, 2.05) is 25.4 Å². The lowest BCUT2D eigenvalue weighted by Gasteiger charge is -2.33. The van der Waals surface area contributed by atoms with E-state index in [0.29, 0.717) is 18.6 Å². The van der Waals surface area contributed by atoms with Crippen molar-refractivity contribution in [3.63, 3.8) is 0 Å². The molecule has 0 amide bonds. The number of aryl methyl sites for hydroxylation is 2. The minimum atomic E-state index is 0.374. The fraction of sp³-hybridized carbons (Fsp3) is 0.480. The Morgan fingerprint density at radius 3 is 2.56 bits per heavy atom. The third-order valence-electron chi connectivity index (χ3n) is 6.19. The summed E-state index contributed by atoms with van der Waals surface area (Å²) in [6, 6.07) is 6.73. The Kier molecular flexibility index (Phi) is 6.63. The Balaban J connectivity index is 1.48. The summed E-state index contributed by atoms with van der Waals surface area (Å²) in [6.45, 7) is 13.1. The molecule has 0 unspecified atom stereocenters. The first-order valence-corrected chi connectivity index (χ1v) is 11.6. The van der Waals surface area contributed by atoms with Gasteiger partial charge in [0.05, 0.1) is 6.61 Å². The van der Waals surface area contributed by atoms with Gasteiger partial charge in [0.15, 0.2) is 0 Å². The van der Waals surface area contributed by atoms with Crippen molar-refractivity contribution in [2.45, 2.75) is 59.4 Å². The minimum absolute atomic E-state index is 0.374. The number of hydrogen-bond acceptors (Lipinski definition) is 6. The van der Waals surface area contributed by atoms with Crippen LogP contribution in [0, 0.1) is 13.8 Å². The summed E-state index contributed by atoms with van der Waals surface area (Å²) >= 11 is 0. The van der Waals surface area contributed by atoms with Crippen LogP contribution in [-0.2, 0) is 0 Å². The summed E-state index contributed by atoms with van der Waals surface area (Å²) in [5.41, 5.74) is 3.39.